The summed E-state index contributed by atoms with van der Waals surface area (Å²) in [4.78, 5) is 25.8. The molecule has 19 heavy (non-hydrogen) atoms. The van der Waals surface area contributed by atoms with Gasteiger partial charge in [0.25, 0.3) is 11.8 Å². The van der Waals surface area contributed by atoms with Gasteiger partial charge in [-0.3, -0.25) is 14.5 Å². The second-order valence-electron chi connectivity index (χ2n) is 4.48. The Bertz CT molecular complexity index is 661. The second-order valence-corrected chi connectivity index (χ2v) is 4.48. The van der Waals surface area contributed by atoms with Crippen molar-refractivity contribution in [1.82, 2.24) is 4.90 Å². The molecule has 2 aromatic rings. The van der Waals surface area contributed by atoms with Gasteiger partial charge in [0.15, 0.2) is 0 Å². The SMILES string of the molecule is CC(c1ccco1)N1C(=O)c2ccc(N)cc2C1=O. The van der Waals surface area contributed by atoms with Gasteiger partial charge in [0.1, 0.15) is 5.76 Å². The number of nitrogens with zero attached hydrogens (tertiary/aromatic N) is 1. The lowest BCUT2D eigenvalue weighted by atomic mass is 10.1. The summed E-state index contributed by atoms with van der Waals surface area (Å²) in [5.41, 5.74) is 6.86. The van der Waals surface area contributed by atoms with E-state index in [9.17, 15) is 9.59 Å². The smallest absolute Gasteiger partial charge is 0.262 e. The Hall–Kier alpha value is -2.56. The number of imide groups is 1. The molecule has 0 radical (unpaired) electrons. The van der Waals surface area contributed by atoms with E-state index in [-0.39, 0.29) is 11.8 Å². The summed E-state index contributed by atoms with van der Waals surface area (Å²) in [6.07, 6.45) is 1.52. The van der Waals surface area contributed by atoms with Crippen molar-refractivity contribution in [2.75, 3.05) is 5.73 Å². The standard InChI is InChI=1S/C14H12N2O3/c1-8(12-3-2-6-19-12)16-13(17)10-5-4-9(15)7-11(10)14(16)18/h2-8H,15H2,1H3. The Morgan fingerprint density at radius 3 is 2.58 bits per heavy atom. The van der Waals surface area contributed by atoms with Crippen molar-refractivity contribution in [3.63, 3.8) is 0 Å². The molecular formula is C14H12N2O3. The fourth-order valence-corrected chi connectivity index (χ4v) is 2.29. The molecular weight excluding hydrogens is 244 g/mol. The average molecular weight is 256 g/mol. The van der Waals surface area contributed by atoms with Gasteiger partial charge in [-0.1, -0.05) is 0 Å². The first-order chi connectivity index (χ1) is 9.09. The van der Waals surface area contributed by atoms with Gasteiger partial charge in [0.05, 0.1) is 23.4 Å². The molecule has 1 unspecified atom stereocenters. The highest BCUT2D eigenvalue weighted by Gasteiger charge is 2.39. The number of nitrogens with two attached hydrogens (primary N) is 1. The third-order valence-electron chi connectivity index (χ3n) is 3.28. The Labute approximate surface area is 109 Å². The van der Waals surface area contributed by atoms with E-state index in [2.05, 4.69) is 0 Å². The van der Waals surface area contributed by atoms with Crippen LogP contribution < -0.4 is 5.73 Å². The van der Waals surface area contributed by atoms with Crippen LogP contribution in [0.3, 0.4) is 0 Å². The molecule has 1 aliphatic heterocycles. The predicted molar refractivity (Wildman–Crippen MR) is 68.5 cm³/mol. The van der Waals surface area contributed by atoms with Gasteiger partial charge in [-0.05, 0) is 37.3 Å². The van der Waals surface area contributed by atoms with E-state index in [1.54, 1.807) is 31.2 Å². The van der Waals surface area contributed by atoms with Crippen LogP contribution in [0.4, 0.5) is 5.69 Å². The highest BCUT2D eigenvalue weighted by Crippen LogP contribution is 2.32. The molecule has 0 aliphatic carbocycles. The van der Waals surface area contributed by atoms with E-state index in [4.69, 9.17) is 10.2 Å². The molecule has 1 aromatic carbocycles. The predicted octanol–water partition coefficient (Wildman–Crippen LogP) is 2.22. The number of fused-ring (bicyclic) bond motifs is 1. The lowest BCUT2D eigenvalue weighted by Crippen LogP contribution is -2.32. The van der Waals surface area contributed by atoms with Crippen LogP contribution in [0.1, 0.15) is 39.4 Å². The van der Waals surface area contributed by atoms with Crippen LogP contribution in [-0.4, -0.2) is 16.7 Å². The average Bonchev–Trinajstić information content (AvgIpc) is 2.98. The molecule has 5 heteroatoms. The van der Waals surface area contributed by atoms with Crippen LogP contribution in [0.25, 0.3) is 0 Å². The van der Waals surface area contributed by atoms with Crippen LogP contribution in [0, 0.1) is 0 Å². The van der Waals surface area contributed by atoms with Crippen molar-refractivity contribution in [3.05, 3.63) is 53.5 Å². The zero-order chi connectivity index (χ0) is 13.6. The monoisotopic (exact) mass is 256 g/mol. The molecule has 0 fully saturated rings. The molecule has 2 N–H and O–H groups in total. The molecule has 5 nitrogen and oxygen atoms in total. The summed E-state index contributed by atoms with van der Waals surface area (Å²) in [6.45, 7) is 1.75. The van der Waals surface area contributed by atoms with Gasteiger partial charge in [-0.15, -0.1) is 0 Å². The van der Waals surface area contributed by atoms with Crippen molar-refractivity contribution in [1.29, 1.82) is 0 Å². The van der Waals surface area contributed by atoms with Crippen LogP contribution in [0.5, 0.6) is 0 Å². The molecule has 1 aromatic heterocycles. The summed E-state index contributed by atoms with van der Waals surface area (Å²) < 4.78 is 5.26. The summed E-state index contributed by atoms with van der Waals surface area (Å²) in [7, 11) is 0. The molecule has 96 valence electrons. The first kappa shape index (κ1) is 11.5. The van der Waals surface area contributed by atoms with E-state index in [1.807, 2.05) is 0 Å². The van der Waals surface area contributed by atoms with Gasteiger partial charge in [-0.2, -0.15) is 0 Å². The molecule has 0 spiro atoms. The van der Waals surface area contributed by atoms with Crippen molar-refractivity contribution in [2.45, 2.75) is 13.0 Å². The Morgan fingerprint density at radius 1 is 1.16 bits per heavy atom. The number of nitrogen functional groups attached to an aromatic ring is 1. The molecule has 2 amide bonds. The number of anilines is 1. The maximum atomic E-state index is 12.3. The highest BCUT2D eigenvalue weighted by atomic mass is 16.3. The molecule has 3 rings (SSSR count). The van der Waals surface area contributed by atoms with Crippen molar-refractivity contribution >= 4 is 17.5 Å². The zero-order valence-corrected chi connectivity index (χ0v) is 10.3. The molecule has 2 heterocycles. The van der Waals surface area contributed by atoms with Gasteiger partial charge in [0, 0.05) is 5.69 Å². The van der Waals surface area contributed by atoms with Crippen molar-refractivity contribution in [2.24, 2.45) is 0 Å². The quantitative estimate of drug-likeness (QED) is 0.660. The van der Waals surface area contributed by atoms with Gasteiger partial charge in [-0.25, -0.2) is 0 Å². The van der Waals surface area contributed by atoms with E-state index >= 15 is 0 Å². The molecule has 0 saturated carbocycles. The number of hydrogen-bond donors (Lipinski definition) is 1. The minimum absolute atomic E-state index is 0.316. The van der Waals surface area contributed by atoms with Crippen LogP contribution >= 0.6 is 0 Å². The van der Waals surface area contributed by atoms with Crippen LogP contribution in [0.2, 0.25) is 0 Å². The number of rotatable bonds is 2. The minimum Gasteiger partial charge on any atom is -0.467 e. The van der Waals surface area contributed by atoms with Crippen LogP contribution in [0.15, 0.2) is 41.0 Å². The second kappa shape index (κ2) is 3.98. The normalized spacial score (nSPS) is 15.7. The third-order valence-corrected chi connectivity index (χ3v) is 3.28. The number of amides is 2. The van der Waals surface area contributed by atoms with E-state index in [0.717, 1.165) is 0 Å². The number of benzene rings is 1. The van der Waals surface area contributed by atoms with Crippen LogP contribution in [-0.2, 0) is 0 Å². The van der Waals surface area contributed by atoms with Gasteiger partial charge in [0.2, 0.25) is 0 Å². The molecule has 0 saturated heterocycles. The van der Waals surface area contributed by atoms with E-state index in [1.165, 1.54) is 17.2 Å². The summed E-state index contributed by atoms with van der Waals surface area (Å²) >= 11 is 0. The molecule has 0 bridgehead atoms. The summed E-state index contributed by atoms with van der Waals surface area (Å²) in [5, 5.41) is 0. The van der Waals surface area contributed by atoms with E-state index < -0.39 is 6.04 Å². The number of carbonyl (C=O) groups is 2. The summed E-state index contributed by atoms with van der Waals surface area (Å²) in [6, 6.07) is 7.75. The van der Waals surface area contributed by atoms with E-state index in [0.29, 0.717) is 22.6 Å². The van der Waals surface area contributed by atoms with Crippen molar-refractivity contribution < 1.29 is 14.0 Å². The zero-order valence-electron chi connectivity index (χ0n) is 10.3. The third kappa shape index (κ3) is 1.62. The minimum atomic E-state index is -0.441. The van der Waals surface area contributed by atoms with Gasteiger partial charge < -0.3 is 10.2 Å². The topological polar surface area (TPSA) is 76.5 Å². The molecule has 1 aliphatic rings. The molecule has 1 atom stereocenters. The number of furan rings is 1. The lowest BCUT2D eigenvalue weighted by molar-refractivity contribution is 0.0578. The lowest BCUT2D eigenvalue weighted by Gasteiger charge is -2.20. The Kier molecular flexibility index (Phi) is 2.41. The van der Waals surface area contributed by atoms with Gasteiger partial charge >= 0.3 is 0 Å². The largest absolute Gasteiger partial charge is 0.467 e. The number of hydrogen-bond acceptors (Lipinski definition) is 4. The highest BCUT2D eigenvalue weighted by molar-refractivity contribution is 6.21. The Morgan fingerprint density at radius 2 is 1.89 bits per heavy atom. The van der Waals surface area contributed by atoms with Crippen molar-refractivity contribution in [3.8, 4) is 0 Å². The number of carbonyl (C=O) groups excluding carboxylic acids is 2. The maximum Gasteiger partial charge on any atom is 0.262 e. The fraction of sp³-hybridized carbons (Fsp3) is 0.143. The first-order valence-corrected chi connectivity index (χ1v) is 5.90. The first-order valence-electron chi connectivity index (χ1n) is 5.90. The Balaban J connectivity index is 2.03. The maximum absolute atomic E-state index is 12.3. The fourth-order valence-electron chi connectivity index (χ4n) is 2.29. The summed E-state index contributed by atoms with van der Waals surface area (Å²) in [5.74, 6) is -0.0809.